The molecular weight excluding hydrogens is 234 g/mol. The van der Waals surface area contributed by atoms with Crippen molar-refractivity contribution in [1.29, 1.82) is 0 Å². The minimum atomic E-state index is 0.687. The Labute approximate surface area is 108 Å². The quantitative estimate of drug-likeness (QED) is 0.772. The van der Waals surface area contributed by atoms with Crippen molar-refractivity contribution in [2.75, 3.05) is 38.8 Å². The molecule has 0 unspecified atom stereocenters. The van der Waals surface area contributed by atoms with Crippen LogP contribution in [0.15, 0.2) is 6.20 Å². The molecule has 4 nitrogen and oxygen atoms in total. The van der Waals surface area contributed by atoms with Crippen molar-refractivity contribution < 1.29 is 4.74 Å². The molecule has 0 radical (unpaired) electrons. The van der Waals surface area contributed by atoms with Crippen LogP contribution in [-0.4, -0.2) is 38.8 Å². The van der Waals surface area contributed by atoms with Crippen LogP contribution in [0.5, 0.6) is 0 Å². The predicted molar refractivity (Wildman–Crippen MR) is 73.8 cm³/mol. The summed E-state index contributed by atoms with van der Waals surface area (Å²) in [5.74, 6) is 0.687. The molecule has 1 aromatic heterocycles. The fraction of sp³-hybridized carbons (Fsp3) is 0.750. The third-order valence-corrected chi connectivity index (χ3v) is 3.46. The van der Waals surface area contributed by atoms with E-state index in [1.54, 1.807) is 18.4 Å². The molecular formula is C12H23N3OS. The van der Waals surface area contributed by atoms with E-state index in [4.69, 9.17) is 4.74 Å². The molecule has 0 spiro atoms. The predicted octanol–water partition coefficient (Wildman–Crippen LogP) is 1.97. The zero-order valence-corrected chi connectivity index (χ0v) is 12.0. The Morgan fingerprint density at radius 3 is 2.94 bits per heavy atom. The number of nitrogens with zero attached hydrogens (tertiary/aromatic N) is 2. The molecule has 0 fully saturated rings. The number of nitrogens with one attached hydrogen (secondary N) is 1. The Bertz CT molecular complexity index is 314. The van der Waals surface area contributed by atoms with Crippen molar-refractivity contribution in [3.8, 4) is 0 Å². The van der Waals surface area contributed by atoms with Crippen molar-refractivity contribution in [2.45, 2.75) is 20.4 Å². The first kappa shape index (κ1) is 14.4. The summed E-state index contributed by atoms with van der Waals surface area (Å²) in [7, 11) is 3.76. The van der Waals surface area contributed by atoms with Gasteiger partial charge < -0.3 is 15.0 Å². The van der Waals surface area contributed by atoms with Gasteiger partial charge in [0.15, 0.2) is 5.13 Å². The van der Waals surface area contributed by atoms with E-state index in [1.807, 2.05) is 13.2 Å². The molecule has 5 heteroatoms. The van der Waals surface area contributed by atoms with E-state index in [1.165, 1.54) is 4.88 Å². The highest BCUT2D eigenvalue weighted by molar-refractivity contribution is 7.15. The number of methoxy groups -OCH3 is 1. The lowest BCUT2D eigenvalue weighted by Gasteiger charge is -2.14. The second-order valence-corrected chi connectivity index (χ2v) is 5.64. The molecule has 0 saturated heterocycles. The number of thiazole rings is 1. The normalized spacial score (nSPS) is 11.1. The SMILES string of the molecule is COCCN(C)c1ncc(CNCC(C)C)s1. The highest BCUT2D eigenvalue weighted by atomic mass is 32.1. The number of anilines is 1. The molecule has 0 aliphatic heterocycles. The minimum Gasteiger partial charge on any atom is -0.383 e. The van der Waals surface area contributed by atoms with E-state index in [0.29, 0.717) is 5.92 Å². The van der Waals surface area contributed by atoms with Gasteiger partial charge in [-0.05, 0) is 12.5 Å². The lowest BCUT2D eigenvalue weighted by Crippen LogP contribution is -2.21. The van der Waals surface area contributed by atoms with E-state index in [-0.39, 0.29) is 0 Å². The van der Waals surface area contributed by atoms with Crippen LogP contribution in [0.25, 0.3) is 0 Å². The van der Waals surface area contributed by atoms with Crippen LogP contribution >= 0.6 is 11.3 Å². The van der Waals surface area contributed by atoms with Crippen LogP contribution in [0.4, 0.5) is 5.13 Å². The van der Waals surface area contributed by atoms with Crippen molar-refractivity contribution in [1.82, 2.24) is 10.3 Å². The first-order chi connectivity index (χ1) is 8.13. The Morgan fingerprint density at radius 1 is 1.53 bits per heavy atom. The lowest BCUT2D eigenvalue weighted by atomic mass is 10.2. The fourth-order valence-corrected chi connectivity index (χ4v) is 2.23. The van der Waals surface area contributed by atoms with Crippen LogP contribution in [0.1, 0.15) is 18.7 Å². The first-order valence-corrected chi connectivity index (χ1v) is 6.80. The number of hydrogen-bond acceptors (Lipinski definition) is 5. The fourth-order valence-electron chi connectivity index (χ4n) is 1.36. The molecule has 0 atom stereocenters. The van der Waals surface area contributed by atoms with Crippen LogP contribution in [0.2, 0.25) is 0 Å². The van der Waals surface area contributed by atoms with Gasteiger partial charge in [-0.2, -0.15) is 0 Å². The van der Waals surface area contributed by atoms with Gasteiger partial charge in [-0.15, -0.1) is 11.3 Å². The lowest BCUT2D eigenvalue weighted by molar-refractivity contribution is 0.206. The number of likely N-dealkylation sites (N-methyl/N-ethyl adjacent to an activating group) is 1. The van der Waals surface area contributed by atoms with Crippen molar-refractivity contribution in [3.05, 3.63) is 11.1 Å². The van der Waals surface area contributed by atoms with Gasteiger partial charge in [0.2, 0.25) is 0 Å². The average molecular weight is 257 g/mol. The van der Waals surface area contributed by atoms with E-state index in [9.17, 15) is 0 Å². The summed E-state index contributed by atoms with van der Waals surface area (Å²) in [4.78, 5) is 7.82. The Balaban J connectivity index is 2.36. The molecule has 0 aliphatic rings. The highest BCUT2D eigenvalue weighted by Gasteiger charge is 2.06. The largest absolute Gasteiger partial charge is 0.383 e. The summed E-state index contributed by atoms with van der Waals surface area (Å²) in [6.07, 6.45) is 1.95. The standard InChI is InChI=1S/C12H23N3OS/c1-10(2)7-13-8-11-9-14-12(17-11)15(3)5-6-16-4/h9-10,13H,5-8H2,1-4H3. The van der Waals surface area contributed by atoms with Crippen LogP contribution in [0.3, 0.4) is 0 Å². The maximum atomic E-state index is 5.05. The molecule has 0 aliphatic carbocycles. The van der Waals surface area contributed by atoms with Gasteiger partial charge >= 0.3 is 0 Å². The highest BCUT2D eigenvalue weighted by Crippen LogP contribution is 2.20. The zero-order valence-electron chi connectivity index (χ0n) is 11.2. The summed E-state index contributed by atoms with van der Waals surface area (Å²) in [5, 5.41) is 4.48. The number of rotatable bonds is 8. The van der Waals surface area contributed by atoms with Gasteiger partial charge in [-0.25, -0.2) is 4.98 Å². The van der Waals surface area contributed by atoms with Gasteiger partial charge in [0.25, 0.3) is 0 Å². The second kappa shape index (κ2) is 7.63. The molecule has 0 saturated carbocycles. The van der Waals surface area contributed by atoms with Crippen molar-refractivity contribution in [3.63, 3.8) is 0 Å². The summed E-state index contributed by atoms with van der Waals surface area (Å²) >= 11 is 1.74. The number of ether oxygens (including phenoxy) is 1. The third kappa shape index (κ3) is 5.48. The van der Waals surface area contributed by atoms with Gasteiger partial charge in [0.05, 0.1) is 6.61 Å². The summed E-state index contributed by atoms with van der Waals surface area (Å²) < 4.78 is 5.05. The van der Waals surface area contributed by atoms with Gasteiger partial charge in [0, 0.05) is 38.3 Å². The summed E-state index contributed by atoms with van der Waals surface area (Å²) in [5.41, 5.74) is 0. The zero-order chi connectivity index (χ0) is 12.7. The van der Waals surface area contributed by atoms with Crippen LogP contribution < -0.4 is 10.2 Å². The molecule has 1 N–H and O–H groups in total. The molecule has 17 heavy (non-hydrogen) atoms. The smallest absolute Gasteiger partial charge is 0.185 e. The monoisotopic (exact) mass is 257 g/mol. The molecule has 1 heterocycles. The first-order valence-electron chi connectivity index (χ1n) is 5.99. The summed E-state index contributed by atoms with van der Waals surface area (Å²) in [6.45, 7) is 7.99. The van der Waals surface area contributed by atoms with Gasteiger partial charge in [0.1, 0.15) is 0 Å². The summed E-state index contributed by atoms with van der Waals surface area (Å²) in [6, 6.07) is 0. The van der Waals surface area contributed by atoms with Gasteiger partial charge in [-0.1, -0.05) is 13.8 Å². The Morgan fingerprint density at radius 2 is 2.29 bits per heavy atom. The molecule has 98 valence electrons. The molecule has 1 rings (SSSR count). The van der Waals surface area contributed by atoms with Crippen molar-refractivity contribution >= 4 is 16.5 Å². The van der Waals surface area contributed by atoms with E-state index < -0.39 is 0 Å². The van der Waals surface area contributed by atoms with Crippen molar-refractivity contribution in [2.24, 2.45) is 5.92 Å². The average Bonchev–Trinajstić information content (AvgIpc) is 2.74. The van der Waals surface area contributed by atoms with Crippen LogP contribution in [0, 0.1) is 5.92 Å². The number of aromatic nitrogens is 1. The van der Waals surface area contributed by atoms with E-state index in [0.717, 1.165) is 31.4 Å². The van der Waals surface area contributed by atoms with Gasteiger partial charge in [-0.3, -0.25) is 0 Å². The van der Waals surface area contributed by atoms with E-state index in [2.05, 4.69) is 29.0 Å². The maximum Gasteiger partial charge on any atom is 0.185 e. The Kier molecular flexibility index (Phi) is 6.47. The topological polar surface area (TPSA) is 37.4 Å². The molecule has 1 aromatic rings. The number of hydrogen-bond donors (Lipinski definition) is 1. The maximum absolute atomic E-state index is 5.05. The molecule has 0 aromatic carbocycles. The molecule has 0 amide bonds. The molecule has 0 bridgehead atoms. The van der Waals surface area contributed by atoms with Crippen LogP contribution in [-0.2, 0) is 11.3 Å². The Hall–Kier alpha value is -0.650. The van der Waals surface area contributed by atoms with E-state index >= 15 is 0 Å². The second-order valence-electron chi connectivity index (χ2n) is 4.55. The minimum absolute atomic E-state index is 0.687. The third-order valence-electron chi connectivity index (χ3n) is 2.35.